The molecule has 0 aliphatic rings. The van der Waals surface area contributed by atoms with Gasteiger partial charge in [-0.2, -0.15) is 0 Å². The molecule has 3 aromatic rings. The second-order valence-corrected chi connectivity index (χ2v) is 4.44. The summed E-state index contributed by atoms with van der Waals surface area (Å²) in [7, 11) is 0. The van der Waals surface area contributed by atoms with Gasteiger partial charge >= 0.3 is 0 Å². The van der Waals surface area contributed by atoms with Crippen LogP contribution in [0, 0.1) is 5.82 Å². The smallest absolute Gasteiger partial charge is 0.138 e. The first-order chi connectivity index (χ1) is 9.22. The molecule has 0 aliphatic carbocycles. The van der Waals surface area contributed by atoms with Crippen molar-refractivity contribution in [3.05, 3.63) is 65.3 Å². The largest absolute Gasteiger partial charge is 0.487 e. The van der Waals surface area contributed by atoms with E-state index in [2.05, 4.69) is 4.98 Å². The number of aromatic nitrogens is 2. The number of nitrogens with zero attached hydrogens (tertiary/aromatic N) is 2. The second-order valence-electron chi connectivity index (χ2n) is 4.05. The van der Waals surface area contributed by atoms with E-state index < -0.39 is 0 Å². The summed E-state index contributed by atoms with van der Waals surface area (Å²) >= 11 is 6.04. The summed E-state index contributed by atoms with van der Waals surface area (Å²) in [6.07, 6.45) is 1.80. The van der Waals surface area contributed by atoms with Gasteiger partial charge in [0, 0.05) is 12.3 Å². The van der Waals surface area contributed by atoms with E-state index in [9.17, 15) is 4.39 Å². The lowest BCUT2D eigenvalue weighted by Gasteiger charge is -2.03. The molecule has 0 atom stereocenters. The third-order valence-corrected chi connectivity index (χ3v) is 2.98. The number of ether oxygens (including phenoxy) is 1. The fourth-order valence-corrected chi connectivity index (χ4v) is 2.02. The summed E-state index contributed by atoms with van der Waals surface area (Å²) in [5.74, 6) is 0.152. The van der Waals surface area contributed by atoms with Gasteiger partial charge in [-0.25, -0.2) is 9.37 Å². The van der Waals surface area contributed by atoms with Gasteiger partial charge in [0.15, 0.2) is 0 Å². The Hall–Kier alpha value is -2.07. The molecule has 0 bridgehead atoms. The highest BCUT2D eigenvalue weighted by molar-refractivity contribution is 6.29. The van der Waals surface area contributed by atoms with Gasteiger partial charge in [0.25, 0.3) is 0 Å². The Morgan fingerprint density at radius 3 is 2.84 bits per heavy atom. The molecule has 3 nitrogen and oxygen atoms in total. The first-order valence-corrected chi connectivity index (χ1v) is 6.11. The average molecular weight is 277 g/mol. The van der Waals surface area contributed by atoms with Crippen LogP contribution in [0.25, 0.3) is 5.65 Å². The monoisotopic (exact) mass is 276 g/mol. The number of rotatable bonds is 3. The minimum Gasteiger partial charge on any atom is -0.487 e. The van der Waals surface area contributed by atoms with Gasteiger partial charge in [0.05, 0.1) is 5.69 Å². The van der Waals surface area contributed by atoms with Gasteiger partial charge in [-0.05, 0) is 24.3 Å². The molecular weight excluding hydrogens is 267 g/mol. The number of pyridine rings is 1. The number of fused-ring (bicyclic) bond motifs is 1. The Labute approximate surface area is 114 Å². The Balaban J connectivity index is 1.80. The van der Waals surface area contributed by atoms with Crippen molar-refractivity contribution < 1.29 is 9.13 Å². The minimum atomic E-state index is -0.324. The first-order valence-electron chi connectivity index (χ1n) is 5.73. The quantitative estimate of drug-likeness (QED) is 0.682. The Morgan fingerprint density at radius 1 is 1.21 bits per heavy atom. The van der Waals surface area contributed by atoms with Gasteiger partial charge in [-0.3, -0.25) is 4.40 Å². The van der Waals surface area contributed by atoms with Crippen molar-refractivity contribution >= 4 is 17.2 Å². The lowest BCUT2D eigenvalue weighted by Crippen LogP contribution is -1.95. The maximum absolute atomic E-state index is 13.0. The predicted octanol–water partition coefficient (Wildman–Crippen LogP) is 3.71. The zero-order chi connectivity index (χ0) is 13.2. The average Bonchev–Trinajstić information content (AvgIpc) is 2.81. The predicted molar refractivity (Wildman–Crippen MR) is 70.9 cm³/mol. The van der Waals surface area contributed by atoms with Crippen molar-refractivity contribution in [3.63, 3.8) is 0 Å². The molecule has 0 N–H and O–H groups in total. The van der Waals surface area contributed by atoms with Crippen LogP contribution in [0.5, 0.6) is 5.75 Å². The lowest BCUT2D eigenvalue weighted by atomic mass is 10.3. The Bertz CT molecular complexity index is 726. The van der Waals surface area contributed by atoms with E-state index >= 15 is 0 Å². The van der Waals surface area contributed by atoms with Crippen LogP contribution >= 0.6 is 11.6 Å². The maximum atomic E-state index is 13.0. The summed E-state index contributed by atoms with van der Waals surface area (Å²) in [6.45, 7) is 0.265. The third kappa shape index (κ3) is 2.53. The maximum Gasteiger partial charge on any atom is 0.138 e. The number of imidazole rings is 1. The molecule has 0 fully saturated rings. The third-order valence-electron chi connectivity index (χ3n) is 2.68. The highest BCUT2D eigenvalue weighted by Crippen LogP contribution is 2.16. The van der Waals surface area contributed by atoms with Gasteiger partial charge in [-0.15, -0.1) is 0 Å². The van der Waals surface area contributed by atoms with Gasteiger partial charge in [0.2, 0.25) is 0 Å². The second kappa shape index (κ2) is 4.90. The zero-order valence-corrected chi connectivity index (χ0v) is 10.6. The van der Waals surface area contributed by atoms with Crippen molar-refractivity contribution in [2.75, 3.05) is 0 Å². The van der Waals surface area contributed by atoms with Crippen LogP contribution in [0.2, 0.25) is 5.15 Å². The molecule has 96 valence electrons. The van der Waals surface area contributed by atoms with Crippen LogP contribution in [0.4, 0.5) is 4.39 Å². The van der Waals surface area contributed by atoms with Crippen molar-refractivity contribution in [1.29, 1.82) is 0 Å². The first kappa shape index (κ1) is 12.0. The molecule has 0 saturated carbocycles. The summed E-state index contributed by atoms with van der Waals surface area (Å²) in [5.41, 5.74) is 1.49. The van der Waals surface area contributed by atoms with Crippen LogP contribution in [-0.2, 0) is 6.61 Å². The number of hydrogen-bond donors (Lipinski definition) is 0. The molecule has 5 heteroatoms. The molecule has 1 aromatic carbocycles. The van der Waals surface area contributed by atoms with E-state index in [1.807, 2.05) is 12.1 Å². The summed E-state index contributed by atoms with van der Waals surface area (Å²) in [5, 5.41) is 0.585. The molecule has 3 rings (SSSR count). The molecule has 2 heterocycles. The van der Waals surface area contributed by atoms with Crippen molar-refractivity contribution in [2.24, 2.45) is 0 Å². The van der Waals surface area contributed by atoms with Crippen LogP contribution in [0.3, 0.4) is 0 Å². The van der Waals surface area contributed by atoms with E-state index in [4.69, 9.17) is 16.3 Å². The fraction of sp³-hybridized carbons (Fsp3) is 0.0714. The van der Waals surface area contributed by atoms with Crippen molar-refractivity contribution in [1.82, 2.24) is 9.38 Å². The van der Waals surface area contributed by atoms with Gasteiger partial charge < -0.3 is 4.74 Å². The van der Waals surface area contributed by atoms with Gasteiger partial charge in [-0.1, -0.05) is 23.7 Å². The van der Waals surface area contributed by atoms with Crippen LogP contribution < -0.4 is 4.74 Å². The van der Waals surface area contributed by atoms with E-state index in [-0.39, 0.29) is 12.4 Å². The van der Waals surface area contributed by atoms with E-state index in [0.717, 1.165) is 11.3 Å². The fourth-order valence-electron chi connectivity index (χ4n) is 1.81. The van der Waals surface area contributed by atoms with Crippen molar-refractivity contribution in [3.8, 4) is 5.75 Å². The molecule has 0 aliphatic heterocycles. The topological polar surface area (TPSA) is 26.5 Å². The molecule has 2 aromatic heterocycles. The lowest BCUT2D eigenvalue weighted by molar-refractivity contribution is 0.300. The molecule has 0 saturated heterocycles. The summed E-state index contributed by atoms with van der Waals surface area (Å²) in [6, 6.07) is 11.5. The van der Waals surface area contributed by atoms with Crippen LogP contribution in [-0.4, -0.2) is 9.38 Å². The highest BCUT2D eigenvalue weighted by Gasteiger charge is 2.05. The SMILES string of the molecule is Fc1cccc(OCc2cn3c(Cl)cccc3n2)c1. The molecule has 0 spiro atoms. The molecule has 19 heavy (non-hydrogen) atoms. The molecule has 0 radical (unpaired) electrons. The highest BCUT2D eigenvalue weighted by atomic mass is 35.5. The minimum absolute atomic E-state index is 0.265. The van der Waals surface area contributed by atoms with E-state index in [1.54, 1.807) is 28.8 Å². The Morgan fingerprint density at radius 2 is 2.05 bits per heavy atom. The normalized spacial score (nSPS) is 10.8. The van der Waals surface area contributed by atoms with E-state index in [0.29, 0.717) is 10.9 Å². The molecule has 0 unspecified atom stereocenters. The van der Waals surface area contributed by atoms with Crippen molar-refractivity contribution in [2.45, 2.75) is 6.61 Å². The standard InChI is InChI=1S/C14H10ClFN2O/c15-13-5-2-6-14-17-11(8-18(13)14)9-19-12-4-1-3-10(16)7-12/h1-8H,9H2. The Kier molecular flexibility index (Phi) is 3.09. The summed E-state index contributed by atoms with van der Waals surface area (Å²) in [4.78, 5) is 4.37. The zero-order valence-electron chi connectivity index (χ0n) is 9.88. The van der Waals surface area contributed by atoms with Gasteiger partial charge in [0.1, 0.15) is 29.0 Å². The van der Waals surface area contributed by atoms with E-state index in [1.165, 1.54) is 12.1 Å². The summed E-state index contributed by atoms with van der Waals surface area (Å²) < 4.78 is 20.2. The molecular formula is C14H10ClFN2O. The van der Waals surface area contributed by atoms with Crippen LogP contribution in [0.15, 0.2) is 48.7 Å². The number of benzene rings is 1. The van der Waals surface area contributed by atoms with Crippen LogP contribution in [0.1, 0.15) is 5.69 Å². The molecule has 0 amide bonds. The number of hydrogen-bond acceptors (Lipinski definition) is 2. The number of halogens is 2.